The number of hydrogen-bond donors (Lipinski definition) is 3. The monoisotopic (exact) mass is 292 g/mol. The van der Waals surface area contributed by atoms with Gasteiger partial charge in [0.15, 0.2) is 0 Å². The van der Waals surface area contributed by atoms with Crippen LogP contribution in [0.4, 0.5) is 5.69 Å². The smallest absolute Gasteiger partial charge is 0.272 e. The van der Waals surface area contributed by atoms with Gasteiger partial charge in [0.25, 0.3) is 5.69 Å². The minimum absolute atomic E-state index is 0.0322. The lowest BCUT2D eigenvalue weighted by Gasteiger charge is -2.23. The van der Waals surface area contributed by atoms with E-state index in [2.05, 4.69) is 16.0 Å². The highest BCUT2D eigenvalue weighted by molar-refractivity contribution is 5.86. The molecule has 1 aliphatic heterocycles. The molecule has 1 fully saturated rings. The zero-order valence-corrected chi connectivity index (χ0v) is 11.5. The zero-order chi connectivity index (χ0) is 15.4. The molecule has 0 radical (unpaired) electrons. The molecular formula is C13H16N4O4. The van der Waals surface area contributed by atoms with E-state index in [1.807, 2.05) is 0 Å². The Bertz CT molecular complexity index is 578. The third-order valence-electron chi connectivity index (χ3n) is 3.40. The summed E-state index contributed by atoms with van der Waals surface area (Å²) in [5, 5.41) is 19.0. The van der Waals surface area contributed by atoms with Crippen LogP contribution in [0.1, 0.15) is 11.1 Å². The maximum atomic E-state index is 11.9. The van der Waals surface area contributed by atoms with E-state index in [1.165, 1.54) is 6.07 Å². The standard InChI is InChI=1S/C13H16N4O4/c1-8-9(3-2-4-11(8)17(20)21)5-16-13(19)10-6-15-12(18)7-14-10/h2-4,10,14H,5-7H2,1H3,(H,15,18)(H,16,19). The topological polar surface area (TPSA) is 113 Å². The average Bonchev–Trinajstić information content (AvgIpc) is 2.46. The van der Waals surface area contributed by atoms with E-state index >= 15 is 0 Å². The van der Waals surface area contributed by atoms with E-state index in [0.717, 1.165) is 0 Å². The number of carbonyl (C=O) groups is 2. The largest absolute Gasteiger partial charge is 0.353 e. The van der Waals surface area contributed by atoms with Crippen molar-refractivity contribution < 1.29 is 14.5 Å². The van der Waals surface area contributed by atoms with E-state index in [4.69, 9.17) is 0 Å². The Morgan fingerprint density at radius 2 is 2.29 bits per heavy atom. The van der Waals surface area contributed by atoms with E-state index in [1.54, 1.807) is 19.1 Å². The van der Waals surface area contributed by atoms with Crippen LogP contribution in [0, 0.1) is 17.0 Å². The number of nitro benzene ring substituents is 1. The second kappa shape index (κ2) is 6.31. The number of rotatable bonds is 4. The molecular weight excluding hydrogens is 276 g/mol. The van der Waals surface area contributed by atoms with Crippen LogP contribution in [-0.2, 0) is 16.1 Å². The molecule has 1 aromatic rings. The Balaban J connectivity index is 1.97. The fraction of sp³-hybridized carbons (Fsp3) is 0.385. The molecule has 3 N–H and O–H groups in total. The number of amides is 2. The first kappa shape index (κ1) is 14.9. The molecule has 0 bridgehead atoms. The van der Waals surface area contributed by atoms with Crippen molar-refractivity contribution in [1.82, 2.24) is 16.0 Å². The molecule has 112 valence electrons. The minimum atomic E-state index is -0.485. The molecule has 0 aromatic heterocycles. The lowest BCUT2D eigenvalue weighted by molar-refractivity contribution is -0.385. The Morgan fingerprint density at radius 3 is 2.90 bits per heavy atom. The Morgan fingerprint density at radius 1 is 1.52 bits per heavy atom. The third kappa shape index (κ3) is 3.54. The molecule has 1 aromatic carbocycles. The van der Waals surface area contributed by atoms with Crippen molar-refractivity contribution in [1.29, 1.82) is 0 Å². The molecule has 2 rings (SSSR count). The highest BCUT2D eigenvalue weighted by atomic mass is 16.6. The van der Waals surface area contributed by atoms with Crippen molar-refractivity contribution in [2.24, 2.45) is 0 Å². The van der Waals surface area contributed by atoms with E-state index < -0.39 is 11.0 Å². The summed E-state index contributed by atoms with van der Waals surface area (Å²) in [6.45, 7) is 2.20. The molecule has 2 amide bonds. The number of piperazine rings is 1. The highest BCUT2D eigenvalue weighted by Gasteiger charge is 2.23. The lowest BCUT2D eigenvalue weighted by atomic mass is 10.1. The molecule has 8 nitrogen and oxygen atoms in total. The Labute approximate surface area is 121 Å². The van der Waals surface area contributed by atoms with Gasteiger partial charge in [-0.25, -0.2) is 0 Å². The molecule has 0 spiro atoms. The molecule has 1 aliphatic rings. The molecule has 1 atom stereocenters. The zero-order valence-electron chi connectivity index (χ0n) is 11.5. The summed E-state index contributed by atoms with van der Waals surface area (Å²) < 4.78 is 0. The van der Waals surface area contributed by atoms with Crippen LogP contribution in [0.25, 0.3) is 0 Å². The van der Waals surface area contributed by atoms with Crippen LogP contribution in [-0.4, -0.2) is 35.9 Å². The summed E-state index contributed by atoms with van der Waals surface area (Å²) in [7, 11) is 0. The van der Waals surface area contributed by atoms with Gasteiger partial charge in [-0.15, -0.1) is 0 Å². The van der Waals surface area contributed by atoms with Crippen molar-refractivity contribution >= 4 is 17.5 Å². The van der Waals surface area contributed by atoms with E-state index in [9.17, 15) is 19.7 Å². The van der Waals surface area contributed by atoms with Gasteiger partial charge in [-0.2, -0.15) is 0 Å². The van der Waals surface area contributed by atoms with Crippen LogP contribution in [0.2, 0.25) is 0 Å². The molecule has 21 heavy (non-hydrogen) atoms. The van der Waals surface area contributed by atoms with Crippen molar-refractivity contribution in [3.05, 3.63) is 39.4 Å². The summed E-state index contributed by atoms with van der Waals surface area (Å²) >= 11 is 0. The predicted molar refractivity (Wildman–Crippen MR) is 74.5 cm³/mol. The van der Waals surface area contributed by atoms with Crippen LogP contribution in [0.5, 0.6) is 0 Å². The predicted octanol–water partition coefficient (Wildman–Crippen LogP) is -0.393. The van der Waals surface area contributed by atoms with Gasteiger partial charge >= 0.3 is 0 Å². The van der Waals surface area contributed by atoms with Gasteiger partial charge in [-0.05, 0) is 12.5 Å². The first-order chi connectivity index (χ1) is 9.99. The highest BCUT2D eigenvalue weighted by Crippen LogP contribution is 2.20. The van der Waals surface area contributed by atoms with Crippen LogP contribution < -0.4 is 16.0 Å². The molecule has 0 saturated carbocycles. The molecule has 8 heteroatoms. The average molecular weight is 292 g/mol. The first-order valence-corrected chi connectivity index (χ1v) is 6.49. The Hall–Kier alpha value is -2.48. The first-order valence-electron chi connectivity index (χ1n) is 6.49. The number of hydrogen-bond acceptors (Lipinski definition) is 5. The summed E-state index contributed by atoms with van der Waals surface area (Å²) in [5.41, 5.74) is 1.26. The Kier molecular flexibility index (Phi) is 4.49. The summed E-state index contributed by atoms with van der Waals surface area (Å²) in [5.74, 6) is -0.394. The van der Waals surface area contributed by atoms with E-state index in [-0.39, 0.29) is 37.1 Å². The molecule has 0 aliphatic carbocycles. The van der Waals surface area contributed by atoms with Gasteiger partial charge < -0.3 is 10.6 Å². The maximum Gasteiger partial charge on any atom is 0.272 e. The van der Waals surface area contributed by atoms with E-state index in [0.29, 0.717) is 11.1 Å². The second-order valence-electron chi connectivity index (χ2n) is 4.77. The summed E-state index contributed by atoms with van der Waals surface area (Å²) in [6.07, 6.45) is 0. The fourth-order valence-electron chi connectivity index (χ4n) is 2.12. The quantitative estimate of drug-likeness (QED) is 0.516. The van der Waals surface area contributed by atoms with Crippen molar-refractivity contribution in [3.63, 3.8) is 0 Å². The van der Waals surface area contributed by atoms with Gasteiger partial charge in [-0.3, -0.25) is 25.0 Å². The third-order valence-corrected chi connectivity index (χ3v) is 3.40. The maximum absolute atomic E-state index is 11.9. The number of nitro groups is 1. The number of nitrogens with one attached hydrogen (secondary N) is 3. The molecule has 1 unspecified atom stereocenters. The lowest BCUT2D eigenvalue weighted by Crippen LogP contribution is -2.57. The number of benzene rings is 1. The second-order valence-corrected chi connectivity index (χ2v) is 4.77. The summed E-state index contributed by atoms with van der Waals surface area (Å²) in [4.78, 5) is 33.3. The van der Waals surface area contributed by atoms with Crippen molar-refractivity contribution in [2.75, 3.05) is 13.1 Å². The normalized spacial score (nSPS) is 18.0. The van der Waals surface area contributed by atoms with Crippen molar-refractivity contribution in [3.8, 4) is 0 Å². The van der Waals surface area contributed by atoms with Gasteiger partial charge in [0.2, 0.25) is 11.8 Å². The van der Waals surface area contributed by atoms with Gasteiger partial charge in [-0.1, -0.05) is 12.1 Å². The molecule has 1 heterocycles. The van der Waals surface area contributed by atoms with Gasteiger partial charge in [0.1, 0.15) is 6.04 Å². The van der Waals surface area contributed by atoms with Crippen LogP contribution in [0.3, 0.4) is 0 Å². The fourth-order valence-corrected chi connectivity index (χ4v) is 2.12. The number of carbonyl (C=O) groups excluding carboxylic acids is 2. The SMILES string of the molecule is Cc1c(CNC(=O)C2CNC(=O)CN2)cccc1[N+](=O)[O-]. The molecule has 1 saturated heterocycles. The minimum Gasteiger partial charge on any atom is -0.353 e. The van der Waals surface area contributed by atoms with Crippen LogP contribution >= 0.6 is 0 Å². The van der Waals surface area contributed by atoms with Crippen LogP contribution in [0.15, 0.2) is 18.2 Å². The van der Waals surface area contributed by atoms with Gasteiger partial charge in [0, 0.05) is 24.7 Å². The van der Waals surface area contributed by atoms with Gasteiger partial charge in [0.05, 0.1) is 11.5 Å². The summed E-state index contributed by atoms with van der Waals surface area (Å²) in [6, 6.07) is 4.27. The number of nitrogens with zero attached hydrogens (tertiary/aromatic N) is 1. The van der Waals surface area contributed by atoms with Crippen molar-refractivity contribution in [2.45, 2.75) is 19.5 Å².